The summed E-state index contributed by atoms with van der Waals surface area (Å²) in [4.78, 5) is 30.0. The van der Waals surface area contributed by atoms with E-state index < -0.39 is 5.97 Å². The summed E-state index contributed by atoms with van der Waals surface area (Å²) in [7, 11) is 1.92. The number of aromatic carboxylic acids is 1. The van der Waals surface area contributed by atoms with Crippen molar-refractivity contribution in [3.05, 3.63) is 98.0 Å². The highest BCUT2D eigenvalue weighted by Gasteiger charge is 2.40. The number of carboxylic acid groups (broad SMARTS) is 1. The lowest BCUT2D eigenvalue weighted by Gasteiger charge is -2.36. The number of fused-ring (bicyclic) bond motifs is 4. The number of anilines is 1. The van der Waals surface area contributed by atoms with Crippen molar-refractivity contribution in [2.24, 2.45) is 7.05 Å². The highest BCUT2D eigenvalue weighted by molar-refractivity contribution is 6.35. The first-order valence-corrected chi connectivity index (χ1v) is 18.4. The predicted molar refractivity (Wildman–Crippen MR) is 209 cm³/mol. The Bertz CT molecular complexity index is 2410. The number of aromatic nitrogens is 4. The highest BCUT2D eigenvalue weighted by Crippen LogP contribution is 2.46. The zero-order valence-electron chi connectivity index (χ0n) is 30.8. The van der Waals surface area contributed by atoms with Gasteiger partial charge in [-0.15, -0.1) is 0 Å². The Kier molecular flexibility index (Phi) is 9.16. The van der Waals surface area contributed by atoms with Gasteiger partial charge in [0.05, 0.1) is 40.1 Å². The molecule has 1 N–H and O–H groups in total. The minimum atomic E-state index is -1.08. The van der Waals surface area contributed by atoms with Crippen LogP contribution in [0.3, 0.4) is 0 Å². The quantitative estimate of drug-likeness (QED) is 0.149. The van der Waals surface area contributed by atoms with Gasteiger partial charge in [0.2, 0.25) is 0 Å². The fourth-order valence-electron chi connectivity index (χ4n) is 8.19. The third-order valence-electron chi connectivity index (χ3n) is 10.4. The zero-order valence-corrected chi connectivity index (χ0v) is 32.3. The average Bonchev–Trinajstić information content (AvgIpc) is 3.68. The van der Waals surface area contributed by atoms with Gasteiger partial charge >= 0.3 is 5.97 Å². The van der Waals surface area contributed by atoms with Crippen LogP contribution in [0.2, 0.25) is 10.0 Å². The van der Waals surface area contributed by atoms with E-state index in [2.05, 4.69) is 4.57 Å². The molecule has 9 nitrogen and oxygen atoms in total. The number of para-hydroxylation sites is 1. The van der Waals surface area contributed by atoms with Crippen molar-refractivity contribution in [2.75, 3.05) is 11.5 Å². The Morgan fingerprint density at radius 2 is 1.71 bits per heavy atom. The molecule has 11 heteroatoms. The number of carbonyl (C=O) groups is 2. The zero-order chi connectivity index (χ0) is 37.3. The van der Waals surface area contributed by atoms with Crippen molar-refractivity contribution >= 4 is 62.6 Å². The second kappa shape index (κ2) is 13.4. The van der Waals surface area contributed by atoms with Gasteiger partial charge in [-0.3, -0.25) is 14.4 Å². The molecule has 270 valence electrons. The number of ether oxygens (including phenoxy) is 1. The summed E-state index contributed by atoms with van der Waals surface area (Å²) in [5.41, 5.74) is 9.10. The van der Waals surface area contributed by atoms with Crippen LogP contribution in [-0.2, 0) is 20.0 Å². The lowest BCUT2D eigenvalue weighted by molar-refractivity contribution is 0.0684. The molecule has 0 fully saturated rings. The monoisotopic (exact) mass is 739 g/mol. The molecule has 0 radical (unpaired) electrons. The molecule has 1 atom stereocenters. The number of hydrogen-bond acceptors (Lipinski definition) is 4. The predicted octanol–water partition coefficient (Wildman–Crippen LogP) is 9.88. The van der Waals surface area contributed by atoms with Gasteiger partial charge in [-0.05, 0) is 102 Å². The number of carbonyl (C=O) groups excluding carboxylic acids is 1. The Balaban J connectivity index is 1.41. The van der Waals surface area contributed by atoms with Gasteiger partial charge < -0.3 is 19.0 Å². The lowest BCUT2D eigenvalue weighted by Crippen LogP contribution is -2.47. The van der Waals surface area contributed by atoms with E-state index in [1.807, 2.05) is 113 Å². The number of hydrogen-bond donors (Lipinski definition) is 1. The first kappa shape index (κ1) is 35.7. The topological polar surface area (TPSA) is 94.5 Å². The number of halogens is 2. The van der Waals surface area contributed by atoms with Crippen LogP contribution < -0.4 is 9.64 Å². The molecule has 1 aliphatic rings. The summed E-state index contributed by atoms with van der Waals surface area (Å²) in [5.74, 6) is -0.572. The minimum Gasteiger partial charge on any atom is -0.494 e. The van der Waals surface area contributed by atoms with Crippen LogP contribution in [0.1, 0.15) is 82.3 Å². The third kappa shape index (κ3) is 5.56. The fraction of sp³-hybridized carbons (Fsp3) is 0.341. The van der Waals surface area contributed by atoms with Crippen molar-refractivity contribution in [1.29, 1.82) is 0 Å². The summed E-state index contributed by atoms with van der Waals surface area (Å²) in [6.45, 7) is 14.7. The van der Waals surface area contributed by atoms with Gasteiger partial charge in [-0.1, -0.05) is 47.5 Å². The van der Waals surface area contributed by atoms with Crippen molar-refractivity contribution in [3.8, 4) is 16.9 Å². The molecular weight excluding hydrogens is 697 g/mol. The van der Waals surface area contributed by atoms with Crippen LogP contribution in [0.25, 0.3) is 32.9 Å². The molecule has 7 rings (SSSR count). The fourth-order valence-corrected chi connectivity index (χ4v) is 8.54. The summed E-state index contributed by atoms with van der Waals surface area (Å²) < 4.78 is 12.0. The average molecular weight is 741 g/mol. The Labute approximate surface area is 313 Å². The molecule has 1 aliphatic heterocycles. The number of carboxylic acids is 1. The van der Waals surface area contributed by atoms with E-state index in [0.717, 1.165) is 71.8 Å². The second-order valence-electron chi connectivity index (χ2n) is 14.3. The largest absolute Gasteiger partial charge is 0.494 e. The summed E-state index contributed by atoms with van der Waals surface area (Å²) in [6, 6.07) is 14.9. The molecule has 0 aliphatic carbocycles. The molecule has 0 spiro atoms. The molecule has 3 aromatic heterocycles. The summed E-state index contributed by atoms with van der Waals surface area (Å²) in [6.07, 6.45) is 1.18. The summed E-state index contributed by atoms with van der Waals surface area (Å²) >= 11 is 13.5. The standard InChI is InChI=1S/C41H43Cl2N5O4/c1-21(2)47-32-14-10-9-12-30(32)37(39(47)41(50)51)48-24(5)20-46-36-29(15-16-31(42)34(36)33-25(6)44-45(8)26(33)7)28(38(46)40(48)49)13-11-17-52-27-18-22(3)35(43)23(4)19-27/h9-10,12,14-16,18-19,21,24H,11,13,17,20H2,1-8H3,(H,50,51)/t24-/m1/s1. The Morgan fingerprint density at radius 3 is 2.35 bits per heavy atom. The molecule has 0 saturated carbocycles. The summed E-state index contributed by atoms with van der Waals surface area (Å²) in [5, 5.41) is 18.4. The molecule has 6 aromatic rings. The molecule has 52 heavy (non-hydrogen) atoms. The van der Waals surface area contributed by atoms with Crippen LogP contribution in [0.4, 0.5) is 5.69 Å². The van der Waals surface area contributed by atoms with E-state index in [1.165, 1.54) is 0 Å². The number of amides is 1. The van der Waals surface area contributed by atoms with Gasteiger partial charge in [0.1, 0.15) is 11.4 Å². The second-order valence-corrected chi connectivity index (χ2v) is 15.0. The molecule has 3 aromatic carbocycles. The first-order chi connectivity index (χ1) is 24.7. The maximum Gasteiger partial charge on any atom is 0.354 e. The Hall–Kier alpha value is -4.73. The van der Waals surface area contributed by atoms with Gasteiger partial charge in [0.15, 0.2) is 5.69 Å². The van der Waals surface area contributed by atoms with Crippen LogP contribution >= 0.6 is 23.2 Å². The molecule has 1 amide bonds. The lowest BCUT2D eigenvalue weighted by atomic mass is 9.98. The van der Waals surface area contributed by atoms with E-state index in [1.54, 1.807) is 4.90 Å². The third-order valence-corrected chi connectivity index (χ3v) is 11.4. The maximum atomic E-state index is 15.3. The maximum absolute atomic E-state index is 15.3. The van der Waals surface area contributed by atoms with Crippen LogP contribution in [0.5, 0.6) is 5.75 Å². The molecular formula is C41H43Cl2N5O4. The molecule has 0 unspecified atom stereocenters. The molecule has 0 saturated heterocycles. The highest BCUT2D eigenvalue weighted by atomic mass is 35.5. The van der Waals surface area contributed by atoms with Crippen molar-refractivity contribution in [3.63, 3.8) is 0 Å². The number of aryl methyl sites for hydroxylation is 5. The van der Waals surface area contributed by atoms with Crippen molar-refractivity contribution < 1.29 is 19.4 Å². The smallest absolute Gasteiger partial charge is 0.354 e. The van der Waals surface area contributed by atoms with Gasteiger partial charge in [-0.2, -0.15) is 5.10 Å². The first-order valence-electron chi connectivity index (χ1n) is 17.7. The number of nitrogens with zero attached hydrogens (tertiary/aromatic N) is 5. The van der Waals surface area contributed by atoms with Gasteiger partial charge in [0.25, 0.3) is 5.91 Å². The Morgan fingerprint density at radius 1 is 1.02 bits per heavy atom. The van der Waals surface area contributed by atoms with E-state index in [0.29, 0.717) is 42.4 Å². The van der Waals surface area contributed by atoms with Gasteiger partial charge in [-0.25, -0.2) is 4.79 Å². The van der Waals surface area contributed by atoms with E-state index >= 15 is 4.79 Å². The van der Waals surface area contributed by atoms with Gasteiger partial charge in [0, 0.05) is 52.3 Å². The van der Waals surface area contributed by atoms with Crippen molar-refractivity contribution in [2.45, 2.75) is 79.9 Å². The molecule has 0 bridgehead atoms. The van der Waals surface area contributed by atoms with Crippen LogP contribution in [-0.4, -0.2) is 48.5 Å². The minimum absolute atomic E-state index is 0.106. The normalized spacial score (nSPS) is 14.6. The van der Waals surface area contributed by atoms with Crippen molar-refractivity contribution in [1.82, 2.24) is 18.9 Å². The van der Waals surface area contributed by atoms with Crippen LogP contribution in [0, 0.1) is 27.7 Å². The number of rotatable bonds is 9. The number of benzene rings is 3. The van der Waals surface area contributed by atoms with E-state index in [-0.39, 0.29) is 23.7 Å². The van der Waals surface area contributed by atoms with Crippen LogP contribution in [0.15, 0.2) is 48.5 Å². The van der Waals surface area contributed by atoms with E-state index in [4.69, 9.17) is 33.0 Å². The molecule has 4 heterocycles. The van der Waals surface area contributed by atoms with E-state index in [9.17, 15) is 9.90 Å². The SMILES string of the molecule is Cc1cc(OCCCc2c3n(c4c(-c5c(C)nn(C)c5C)c(Cl)ccc24)C[C@@H](C)N(c2c(C(=O)O)n(C(C)C)c4ccccc24)C3=O)cc(C)c1Cl.